The Morgan fingerprint density at radius 3 is 2.95 bits per heavy atom. The smallest absolute Gasteiger partial charge is 0.290 e. The number of hydrogen-bond donors (Lipinski definition) is 0. The Hall–Kier alpha value is -1.89. The van der Waals surface area contributed by atoms with Gasteiger partial charge < -0.3 is 14.2 Å². The minimum atomic E-state index is 0.0177. The number of anilines is 1. The fourth-order valence-corrected chi connectivity index (χ4v) is 4.14. The van der Waals surface area contributed by atoms with Crippen molar-refractivity contribution in [3.8, 4) is 0 Å². The van der Waals surface area contributed by atoms with Crippen molar-refractivity contribution in [3.05, 3.63) is 29.2 Å². The topological polar surface area (TPSA) is 62.5 Å². The summed E-state index contributed by atoms with van der Waals surface area (Å²) in [5.74, 6) is 0.495. The molecule has 0 spiro atoms. The largest absolute Gasteiger partial charge is 0.459 e. The number of carbonyl (C=O) groups is 1. The average Bonchev–Trinajstić information content (AvgIpc) is 3.22. The summed E-state index contributed by atoms with van der Waals surface area (Å²) in [6.07, 6.45) is 3.55. The standard InChI is InChI=1S/C14H16N4O2S/c1-9-4-7-20-12(9)13(19)17-5-2-11-10(17)3-6-18(11)14-16-15-8-21-14/h4,7-8,10-11H,2-3,5-6H2,1H3/t10-,11-/m0/s1. The van der Waals surface area contributed by atoms with Gasteiger partial charge in [-0.2, -0.15) is 0 Å². The molecule has 0 N–H and O–H groups in total. The first kappa shape index (κ1) is 12.8. The molecule has 1 amide bonds. The number of aromatic nitrogens is 2. The van der Waals surface area contributed by atoms with Crippen LogP contribution in [0.4, 0.5) is 5.13 Å². The van der Waals surface area contributed by atoms with Crippen LogP contribution in [0.2, 0.25) is 0 Å². The first-order valence-electron chi connectivity index (χ1n) is 7.13. The molecule has 2 aromatic heterocycles. The molecule has 0 saturated carbocycles. The van der Waals surface area contributed by atoms with E-state index in [9.17, 15) is 4.79 Å². The van der Waals surface area contributed by atoms with E-state index in [2.05, 4.69) is 15.1 Å². The Bertz CT molecular complexity index is 654. The summed E-state index contributed by atoms with van der Waals surface area (Å²) in [6, 6.07) is 2.45. The number of amides is 1. The van der Waals surface area contributed by atoms with Gasteiger partial charge in [-0.3, -0.25) is 4.79 Å². The van der Waals surface area contributed by atoms with Crippen molar-refractivity contribution in [2.45, 2.75) is 31.8 Å². The van der Waals surface area contributed by atoms with Gasteiger partial charge in [0.25, 0.3) is 5.91 Å². The molecule has 21 heavy (non-hydrogen) atoms. The molecule has 2 aromatic rings. The van der Waals surface area contributed by atoms with Crippen molar-refractivity contribution >= 4 is 22.4 Å². The van der Waals surface area contributed by atoms with E-state index in [-0.39, 0.29) is 11.9 Å². The van der Waals surface area contributed by atoms with Crippen LogP contribution in [0.5, 0.6) is 0 Å². The normalized spacial score (nSPS) is 24.6. The summed E-state index contributed by atoms with van der Waals surface area (Å²) in [7, 11) is 0. The molecule has 0 aliphatic carbocycles. The van der Waals surface area contributed by atoms with Gasteiger partial charge in [-0.1, -0.05) is 11.3 Å². The second-order valence-corrected chi connectivity index (χ2v) is 6.37. The molecule has 0 bridgehead atoms. The molecule has 4 rings (SSSR count). The van der Waals surface area contributed by atoms with Crippen LogP contribution in [-0.4, -0.2) is 46.2 Å². The lowest BCUT2D eigenvalue weighted by atomic mass is 10.1. The summed E-state index contributed by atoms with van der Waals surface area (Å²) in [6.45, 7) is 3.63. The van der Waals surface area contributed by atoms with Gasteiger partial charge in [0.1, 0.15) is 5.51 Å². The SMILES string of the molecule is Cc1ccoc1C(=O)N1CC[C@H]2[C@@H]1CCN2c1nncs1. The highest BCUT2D eigenvalue weighted by molar-refractivity contribution is 7.13. The maximum Gasteiger partial charge on any atom is 0.290 e. The van der Waals surface area contributed by atoms with E-state index in [0.717, 1.165) is 36.6 Å². The Balaban J connectivity index is 1.56. The van der Waals surface area contributed by atoms with Gasteiger partial charge in [0.05, 0.1) is 18.3 Å². The second-order valence-electron chi connectivity index (χ2n) is 5.56. The highest BCUT2D eigenvalue weighted by Gasteiger charge is 2.46. The van der Waals surface area contributed by atoms with Crippen LogP contribution in [0.25, 0.3) is 0 Å². The second kappa shape index (κ2) is 4.84. The third-order valence-corrected chi connectivity index (χ3v) is 5.21. The first-order valence-corrected chi connectivity index (χ1v) is 8.01. The Morgan fingerprint density at radius 1 is 1.38 bits per heavy atom. The van der Waals surface area contributed by atoms with E-state index in [0.29, 0.717) is 11.8 Å². The Morgan fingerprint density at radius 2 is 2.24 bits per heavy atom. The quantitative estimate of drug-likeness (QED) is 0.848. The summed E-state index contributed by atoms with van der Waals surface area (Å²) in [4.78, 5) is 16.9. The molecule has 0 aromatic carbocycles. The maximum absolute atomic E-state index is 12.7. The van der Waals surface area contributed by atoms with Crippen molar-refractivity contribution < 1.29 is 9.21 Å². The molecule has 110 valence electrons. The van der Waals surface area contributed by atoms with Crippen molar-refractivity contribution in [2.75, 3.05) is 18.0 Å². The Labute approximate surface area is 126 Å². The lowest BCUT2D eigenvalue weighted by Gasteiger charge is -2.24. The zero-order chi connectivity index (χ0) is 14.4. The number of hydrogen-bond acceptors (Lipinski definition) is 6. The first-order chi connectivity index (χ1) is 10.3. The predicted octanol–water partition coefficient (Wildman–Crippen LogP) is 1.93. The molecule has 0 unspecified atom stereocenters. The highest BCUT2D eigenvalue weighted by Crippen LogP contribution is 2.36. The molecule has 4 heterocycles. The predicted molar refractivity (Wildman–Crippen MR) is 78.5 cm³/mol. The van der Waals surface area contributed by atoms with Crippen LogP contribution in [0, 0.1) is 6.92 Å². The molecule has 2 atom stereocenters. The van der Waals surface area contributed by atoms with Crippen LogP contribution >= 0.6 is 11.3 Å². The molecule has 2 aliphatic rings. The Kier molecular flexibility index (Phi) is 2.95. The van der Waals surface area contributed by atoms with E-state index in [4.69, 9.17) is 4.42 Å². The fraction of sp³-hybridized carbons (Fsp3) is 0.500. The fourth-order valence-electron chi connectivity index (χ4n) is 3.49. The molecular weight excluding hydrogens is 288 g/mol. The molecule has 7 heteroatoms. The van der Waals surface area contributed by atoms with E-state index < -0.39 is 0 Å². The number of aryl methyl sites for hydroxylation is 1. The van der Waals surface area contributed by atoms with E-state index in [1.165, 1.54) is 0 Å². The highest BCUT2D eigenvalue weighted by atomic mass is 32.1. The van der Waals surface area contributed by atoms with Gasteiger partial charge in [0.15, 0.2) is 5.76 Å². The van der Waals surface area contributed by atoms with Crippen LogP contribution in [0.15, 0.2) is 22.3 Å². The van der Waals surface area contributed by atoms with Gasteiger partial charge in [-0.25, -0.2) is 0 Å². The molecular formula is C14H16N4O2S. The van der Waals surface area contributed by atoms with Crippen molar-refractivity contribution in [1.82, 2.24) is 15.1 Å². The number of carbonyl (C=O) groups excluding carboxylic acids is 1. The molecule has 6 nitrogen and oxygen atoms in total. The van der Waals surface area contributed by atoms with Crippen molar-refractivity contribution in [2.24, 2.45) is 0 Å². The summed E-state index contributed by atoms with van der Waals surface area (Å²) in [5.41, 5.74) is 2.66. The van der Waals surface area contributed by atoms with Gasteiger partial charge in [0.2, 0.25) is 5.13 Å². The van der Waals surface area contributed by atoms with Gasteiger partial charge in [-0.05, 0) is 25.8 Å². The third kappa shape index (κ3) is 1.95. The van der Waals surface area contributed by atoms with Gasteiger partial charge >= 0.3 is 0 Å². The van der Waals surface area contributed by atoms with E-state index in [1.807, 2.05) is 17.9 Å². The van der Waals surface area contributed by atoms with E-state index >= 15 is 0 Å². The third-order valence-electron chi connectivity index (χ3n) is 4.49. The van der Waals surface area contributed by atoms with Crippen molar-refractivity contribution in [1.29, 1.82) is 0 Å². The summed E-state index contributed by atoms with van der Waals surface area (Å²) in [5, 5.41) is 9.05. The molecule has 0 radical (unpaired) electrons. The summed E-state index contributed by atoms with van der Waals surface area (Å²) < 4.78 is 5.36. The zero-order valence-corrected chi connectivity index (χ0v) is 12.5. The maximum atomic E-state index is 12.7. The number of furan rings is 1. The number of fused-ring (bicyclic) bond motifs is 1. The minimum Gasteiger partial charge on any atom is -0.459 e. The molecule has 2 fully saturated rings. The van der Waals surface area contributed by atoms with Crippen LogP contribution in [-0.2, 0) is 0 Å². The minimum absolute atomic E-state index is 0.0177. The van der Waals surface area contributed by atoms with Crippen LogP contribution in [0.3, 0.4) is 0 Å². The van der Waals surface area contributed by atoms with Crippen LogP contribution < -0.4 is 4.90 Å². The monoisotopic (exact) mass is 304 g/mol. The average molecular weight is 304 g/mol. The van der Waals surface area contributed by atoms with E-state index in [1.54, 1.807) is 23.1 Å². The molecule has 2 saturated heterocycles. The molecule has 2 aliphatic heterocycles. The lowest BCUT2D eigenvalue weighted by molar-refractivity contribution is 0.0704. The lowest BCUT2D eigenvalue weighted by Crippen LogP contribution is -2.39. The number of likely N-dealkylation sites (tertiary alicyclic amines) is 1. The number of rotatable bonds is 2. The van der Waals surface area contributed by atoms with Crippen LogP contribution in [0.1, 0.15) is 29.0 Å². The van der Waals surface area contributed by atoms with Gasteiger partial charge in [-0.15, -0.1) is 10.2 Å². The van der Waals surface area contributed by atoms with Crippen molar-refractivity contribution in [3.63, 3.8) is 0 Å². The summed E-state index contributed by atoms with van der Waals surface area (Å²) >= 11 is 1.56. The van der Waals surface area contributed by atoms with Gasteiger partial charge in [0, 0.05) is 18.7 Å². The zero-order valence-electron chi connectivity index (χ0n) is 11.7. The number of nitrogens with zero attached hydrogens (tertiary/aromatic N) is 4.